The van der Waals surface area contributed by atoms with E-state index in [1.165, 1.54) is 0 Å². The number of pyridine rings is 1. The van der Waals surface area contributed by atoms with Gasteiger partial charge in [0.05, 0.1) is 0 Å². The largest absolute Gasteiger partial charge is 0.472 e. The predicted octanol–water partition coefficient (Wildman–Crippen LogP) is 2.07. The number of hydrogen-bond donors (Lipinski definition) is 2. The summed E-state index contributed by atoms with van der Waals surface area (Å²) in [7, 11) is 0. The van der Waals surface area contributed by atoms with Gasteiger partial charge in [-0.15, -0.1) is 0 Å². The van der Waals surface area contributed by atoms with Crippen LogP contribution in [0.3, 0.4) is 0 Å². The topological polar surface area (TPSA) is 60.2 Å². The lowest BCUT2D eigenvalue weighted by molar-refractivity contribution is 0.155. The van der Waals surface area contributed by atoms with Gasteiger partial charge in [-0.2, -0.15) is 4.98 Å². The van der Waals surface area contributed by atoms with E-state index in [4.69, 9.17) is 10.6 Å². The number of hydrazine groups is 1. The average molecular weight is 231 g/mol. The van der Waals surface area contributed by atoms with E-state index >= 15 is 0 Å². The van der Waals surface area contributed by atoms with E-state index in [1.807, 2.05) is 19.3 Å². The molecule has 1 unspecified atom stereocenters. The van der Waals surface area contributed by atoms with E-state index < -0.39 is 11.6 Å². The van der Waals surface area contributed by atoms with Crippen molar-refractivity contribution in [3.8, 4) is 5.88 Å². The predicted molar refractivity (Wildman–Crippen MR) is 56.9 cm³/mol. The third kappa shape index (κ3) is 2.79. The lowest BCUT2D eigenvalue weighted by Crippen LogP contribution is -2.21. The molecule has 1 rings (SSSR count). The van der Waals surface area contributed by atoms with Crippen LogP contribution in [0.15, 0.2) is 6.07 Å². The van der Waals surface area contributed by atoms with E-state index in [-0.39, 0.29) is 23.7 Å². The minimum Gasteiger partial charge on any atom is -0.472 e. The lowest BCUT2D eigenvalue weighted by atomic mass is 10.1. The fourth-order valence-electron chi connectivity index (χ4n) is 0.946. The molecule has 0 aliphatic rings. The summed E-state index contributed by atoms with van der Waals surface area (Å²) < 4.78 is 31.6. The summed E-state index contributed by atoms with van der Waals surface area (Å²) in [5.74, 6) is 3.03. The summed E-state index contributed by atoms with van der Waals surface area (Å²) in [5, 5.41) is 0. The highest BCUT2D eigenvalue weighted by molar-refractivity contribution is 5.38. The van der Waals surface area contributed by atoms with Gasteiger partial charge in [0.15, 0.2) is 17.5 Å². The molecule has 0 bridgehead atoms. The molecule has 90 valence electrons. The van der Waals surface area contributed by atoms with Gasteiger partial charge in [-0.3, -0.25) is 0 Å². The monoisotopic (exact) mass is 231 g/mol. The molecular weight excluding hydrogens is 216 g/mol. The van der Waals surface area contributed by atoms with Crippen LogP contribution in [0, 0.1) is 17.6 Å². The van der Waals surface area contributed by atoms with Gasteiger partial charge in [-0.25, -0.2) is 14.6 Å². The van der Waals surface area contributed by atoms with E-state index in [1.54, 1.807) is 6.92 Å². The standard InChI is InChI=1S/C10H15F2N3O/c1-5(2)6(3)16-10-8(12)4-7(11)9(14-10)15-13/h4-6H,13H2,1-3H3,(H,14,15). The smallest absolute Gasteiger partial charge is 0.252 e. The van der Waals surface area contributed by atoms with Crippen LogP contribution in [-0.2, 0) is 0 Å². The van der Waals surface area contributed by atoms with E-state index in [2.05, 4.69) is 4.98 Å². The third-order valence-electron chi connectivity index (χ3n) is 2.27. The molecule has 0 spiro atoms. The van der Waals surface area contributed by atoms with Crippen LogP contribution in [0.4, 0.5) is 14.6 Å². The molecule has 0 saturated heterocycles. The molecule has 1 aromatic rings. The number of aromatic nitrogens is 1. The first kappa shape index (κ1) is 12.6. The summed E-state index contributed by atoms with van der Waals surface area (Å²) in [5.41, 5.74) is 2.03. The Balaban J connectivity index is 2.96. The van der Waals surface area contributed by atoms with Crippen LogP contribution in [-0.4, -0.2) is 11.1 Å². The molecule has 0 aliphatic heterocycles. The molecule has 0 aromatic carbocycles. The molecule has 0 radical (unpaired) electrons. The van der Waals surface area contributed by atoms with Crippen molar-refractivity contribution in [3.63, 3.8) is 0 Å². The van der Waals surface area contributed by atoms with Crippen LogP contribution >= 0.6 is 0 Å². The summed E-state index contributed by atoms with van der Waals surface area (Å²) in [6.45, 7) is 5.63. The summed E-state index contributed by atoms with van der Waals surface area (Å²) in [6, 6.07) is 0.685. The van der Waals surface area contributed by atoms with Crippen LogP contribution in [0.1, 0.15) is 20.8 Å². The Morgan fingerprint density at radius 3 is 2.44 bits per heavy atom. The first-order chi connectivity index (χ1) is 7.45. The minimum atomic E-state index is -0.857. The van der Waals surface area contributed by atoms with Crippen LogP contribution in [0.5, 0.6) is 5.88 Å². The van der Waals surface area contributed by atoms with Crippen molar-refractivity contribution in [3.05, 3.63) is 17.7 Å². The molecule has 3 N–H and O–H groups in total. The molecule has 0 amide bonds. The zero-order valence-corrected chi connectivity index (χ0v) is 9.42. The highest BCUT2D eigenvalue weighted by atomic mass is 19.1. The zero-order valence-electron chi connectivity index (χ0n) is 9.42. The van der Waals surface area contributed by atoms with Gasteiger partial charge < -0.3 is 10.2 Å². The molecule has 1 atom stereocenters. The number of nitrogen functional groups attached to an aromatic ring is 1. The van der Waals surface area contributed by atoms with E-state index in [9.17, 15) is 8.78 Å². The van der Waals surface area contributed by atoms with Gasteiger partial charge in [0, 0.05) is 6.07 Å². The minimum absolute atomic E-state index is 0.195. The average Bonchev–Trinajstić information content (AvgIpc) is 2.21. The SMILES string of the molecule is CC(C)C(C)Oc1nc(NN)c(F)cc1F. The number of nitrogens with zero attached hydrogens (tertiary/aromatic N) is 1. The highest BCUT2D eigenvalue weighted by Crippen LogP contribution is 2.22. The highest BCUT2D eigenvalue weighted by Gasteiger charge is 2.16. The first-order valence-corrected chi connectivity index (χ1v) is 4.95. The maximum atomic E-state index is 13.3. The van der Waals surface area contributed by atoms with Gasteiger partial charge in [-0.05, 0) is 12.8 Å². The molecule has 0 saturated carbocycles. The Morgan fingerprint density at radius 1 is 1.31 bits per heavy atom. The van der Waals surface area contributed by atoms with Gasteiger partial charge in [0.2, 0.25) is 0 Å². The molecule has 1 heterocycles. The third-order valence-corrected chi connectivity index (χ3v) is 2.27. The molecular formula is C10H15F2N3O. The summed E-state index contributed by atoms with van der Waals surface area (Å²) in [4.78, 5) is 3.60. The number of rotatable bonds is 4. The van der Waals surface area contributed by atoms with E-state index in [0.717, 1.165) is 0 Å². The number of ether oxygens (including phenoxy) is 1. The molecule has 16 heavy (non-hydrogen) atoms. The summed E-state index contributed by atoms with van der Waals surface area (Å²) in [6.07, 6.45) is -0.224. The first-order valence-electron chi connectivity index (χ1n) is 4.95. The molecule has 0 fully saturated rings. The fraction of sp³-hybridized carbons (Fsp3) is 0.500. The van der Waals surface area contributed by atoms with Crippen molar-refractivity contribution < 1.29 is 13.5 Å². The van der Waals surface area contributed by atoms with Crippen molar-refractivity contribution in [2.24, 2.45) is 11.8 Å². The second kappa shape index (κ2) is 5.07. The van der Waals surface area contributed by atoms with Crippen molar-refractivity contribution >= 4 is 5.82 Å². The molecule has 1 aromatic heterocycles. The van der Waals surface area contributed by atoms with Crippen LogP contribution in [0.25, 0.3) is 0 Å². The summed E-state index contributed by atoms with van der Waals surface area (Å²) >= 11 is 0. The normalized spacial score (nSPS) is 12.7. The van der Waals surface area contributed by atoms with Crippen molar-refractivity contribution in [1.29, 1.82) is 0 Å². The van der Waals surface area contributed by atoms with Crippen LogP contribution in [0.2, 0.25) is 0 Å². The van der Waals surface area contributed by atoms with Gasteiger partial charge in [0.25, 0.3) is 5.88 Å². The van der Waals surface area contributed by atoms with Crippen molar-refractivity contribution in [1.82, 2.24) is 4.98 Å². The molecule has 6 heteroatoms. The molecule has 4 nitrogen and oxygen atoms in total. The number of nitrogens with two attached hydrogens (primary N) is 1. The Bertz CT molecular complexity index is 371. The quantitative estimate of drug-likeness (QED) is 0.615. The Morgan fingerprint density at radius 2 is 1.94 bits per heavy atom. The number of anilines is 1. The maximum absolute atomic E-state index is 13.3. The van der Waals surface area contributed by atoms with Crippen LogP contribution < -0.4 is 16.0 Å². The van der Waals surface area contributed by atoms with Gasteiger partial charge in [-0.1, -0.05) is 13.8 Å². The zero-order chi connectivity index (χ0) is 12.3. The van der Waals surface area contributed by atoms with Gasteiger partial charge in [0.1, 0.15) is 6.10 Å². The number of nitrogens with one attached hydrogen (secondary N) is 1. The fourth-order valence-corrected chi connectivity index (χ4v) is 0.946. The van der Waals surface area contributed by atoms with Crippen molar-refractivity contribution in [2.45, 2.75) is 26.9 Å². The lowest BCUT2D eigenvalue weighted by Gasteiger charge is -2.18. The number of halogens is 2. The second-order valence-electron chi connectivity index (χ2n) is 3.82. The van der Waals surface area contributed by atoms with E-state index in [0.29, 0.717) is 6.07 Å². The Kier molecular flexibility index (Phi) is 4.00. The second-order valence-corrected chi connectivity index (χ2v) is 3.82. The van der Waals surface area contributed by atoms with Gasteiger partial charge >= 0.3 is 0 Å². The van der Waals surface area contributed by atoms with Crippen molar-refractivity contribution in [2.75, 3.05) is 5.43 Å². The Hall–Kier alpha value is -1.43. The molecule has 0 aliphatic carbocycles. The number of hydrogen-bond acceptors (Lipinski definition) is 4. The Labute approximate surface area is 92.8 Å². The maximum Gasteiger partial charge on any atom is 0.252 e.